The summed E-state index contributed by atoms with van der Waals surface area (Å²) in [5, 5.41) is 3.77. The number of hydrogen-bond acceptors (Lipinski definition) is 5. The van der Waals surface area contributed by atoms with Crippen LogP contribution in [0.15, 0.2) is 24.3 Å². The van der Waals surface area contributed by atoms with Crippen molar-refractivity contribution >= 4 is 17.2 Å². The topological polar surface area (TPSA) is 54.5 Å². The largest absolute Gasteiger partial charge is 0.497 e. The lowest BCUT2D eigenvalue weighted by molar-refractivity contribution is 0.0620. The summed E-state index contributed by atoms with van der Waals surface area (Å²) in [5.41, 5.74) is 1.92. The van der Waals surface area contributed by atoms with Crippen molar-refractivity contribution in [3.05, 3.63) is 35.0 Å². The van der Waals surface area contributed by atoms with Gasteiger partial charge in [0.1, 0.15) is 5.75 Å². The molecule has 0 radical (unpaired) electrons. The van der Waals surface area contributed by atoms with Gasteiger partial charge in [-0.2, -0.15) is 0 Å². The average molecular weight is 357 g/mol. The number of amides is 1. The average Bonchev–Trinajstić information content (AvgIpc) is 3.05. The van der Waals surface area contributed by atoms with Gasteiger partial charge in [-0.25, -0.2) is 4.98 Å². The Balaban J connectivity index is 1.52. The first kappa shape index (κ1) is 16.5. The highest BCUT2D eigenvalue weighted by Gasteiger charge is 2.35. The Kier molecular flexibility index (Phi) is 4.48. The number of ether oxygens (including phenoxy) is 1. The van der Waals surface area contributed by atoms with Gasteiger partial charge in [0.25, 0.3) is 5.91 Å². The van der Waals surface area contributed by atoms with Crippen LogP contribution in [-0.2, 0) is 0 Å². The molecule has 2 bridgehead atoms. The molecule has 2 aromatic rings. The molecule has 0 aliphatic carbocycles. The maximum Gasteiger partial charge on any atom is 0.280 e. The summed E-state index contributed by atoms with van der Waals surface area (Å²) in [7, 11) is 1.66. The van der Waals surface area contributed by atoms with E-state index in [1.807, 2.05) is 31.2 Å². The molecule has 0 saturated carbocycles. The van der Waals surface area contributed by atoms with Crippen LogP contribution in [0.4, 0.5) is 0 Å². The van der Waals surface area contributed by atoms with Crippen molar-refractivity contribution in [2.75, 3.05) is 26.7 Å². The number of aromatic nitrogens is 1. The lowest BCUT2D eigenvalue weighted by Gasteiger charge is -2.44. The molecular weight excluding hydrogens is 334 g/mol. The Hall–Kier alpha value is -1.92. The van der Waals surface area contributed by atoms with Crippen LogP contribution >= 0.6 is 11.3 Å². The molecule has 3 fully saturated rings. The second-order valence-electron chi connectivity index (χ2n) is 6.88. The number of nitrogens with zero attached hydrogens (tertiary/aromatic N) is 2. The van der Waals surface area contributed by atoms with Crippen molar-refractivity contribution in [3.8, 4) is 16.2 Å². The van der Waals surface area contributed by atoms with Crippen molar-refractivity contribution < 1.29 is 9.53 Å². The fourth-order valence-corrected chi connectivity index (χ4v) is 4.85. The van der Waals surface area contributed by atoms with Gasteiger partial charge in [-0.3, -0.25) is 4.79 Å². The zero-order valence-electron chi connectivity index (χ0n) is 14.6. The zero-order valence-corrected chi connectivity index (χ0v) is 15.4. The van der Waals surface area contributed by atoms with Gasteiger partial charge < -0.3 is 15.0 Å². The highest BCUT2D eigenvalue weighted by molar-refractivity contribution is 7.17. The predicted octanol–water partition coefficient (Wildman–Crippen LogP) is 2.95. The van der Waals surface area contributed by atoms with Gasteiger partial charge in [-0.05, 0) is 56.5 Å². The normalized spacial score (nSPS) is 25.0. The molecular formula is C19H23N3O2S. The van der Waals surface area contributed by atoms with Crippen LogP contribution in [0.1, 0.15) is 28.3 Å². The zero-order chi connectivity index (χ0) is 17.4. The number of rotatable bonds is 4. The monoisotopic (exact) mass is 357 g/mol. The van der Waals surface area contributed by atoms with E-state index in [0.717, 1.165) is 28.4 Å². The quantitative estimate of drug-likeness (QED) is 0.914. The Morgan fingerprint density at radius 1 is 1.36 bits per heavy atom. The second kappa shape index (κ2) is 6.77. The van der Waals surface area contributed by atoms with E-state index in [1.54, 1.807) is 7.11 Å². The minimum absolute atomic E-state index is 0.0407. The number of methoxy groups -OCH3 is 1. The van der Waals surface area contributed by atoms with Gasteiger partial charge >= 0.3 is 0 Å². The number of aryl methyl sites for hydroxylation is 1. The number of fused-ring (bicyclic) bond motifs is 3. The fraction of sp³-hybridized carbons (Fsp3) is 0.474. The standard InChI is InChI=1S/C19H23N3O2S/c1-12-17(14-4-3-5-15(10-14)24-2)25-19(20-12)18(23)21-16-11-22-8-6-13(16)7-9-22/h3-5,10,13,16H,6-9,11H2,1-2H3,(H,21,23). The third-order valence-electron chi connectivity index (χ3n) is 5.30. The minimum Gasteiger partial charge on any atom is -0.497 e. The van der Waals surface area contributed by atoms with Gasteiger partial charge in [0, 0.05) is 12.6 Å². The van der Waals surface area contributed by atoms with E-state index >= 15 is 0 Å². The van der Waals surface area contributed by atoms with Crippen LogP contribution < -0.4 is 10.1 Å². The van der Waals surface area contributed by atoms with Crippen LogP contribution in [0.2, 0.25) is 0 Å². The molecule has 1 aromatic carbocycles. The molecule has 5 nitrogen and oxygen atoms in total. The van der Waals surface area contributed by atoms with Crippen LogP contribution in [0.5, 0.6) is 5.75 Å². The first-order valence-corrected chi connectivity index (χ1v) is 9.61. The van der Waals surface area contributed by atoms with E-state index in [-0.39, 0.29) is 11.9 Å². The molecule has 3 saturated heterocycles. The summed E-state index contributed by atoms with van der Waals surface area (Å²) in [6.45, 7) is 5.28. The van der Waals surface area contributed by atoms with E-state index in [1.165, 1.54) is 37.3 Å². The van der Waals surface area contributed by atoms with E-state index in [2.05, 4.69) is 15.2 Å². The van der Waals surface area contributed by atoms with E-state index < -0.39 is 0 Å². The third-order valence-corrected chi connectivity index (χ3v) is 6.50. The van der Waals surface area contributed by atoms with Gasteiger partial charge in [0.15, 0.2) is 5.01 Å². The summed E-state index contributed by atoms with van der Waals surface area (Å²) >= 11 is 1.46. The first-order chi connectivity index (χ1) is 12.1. The fourth-order valence-electron chi connectivity index (χ4n) is 3.88. The summed E-state index contributed by atoms with van der Waals surface area (Å²) in [5.74, 6) is 1.39. The Bertz CT molecular complexity index is 781. The van der Waals surface area contributed by atoms with Crippen molar-refractivity contribution in [1.82, 2.24) is 15.2 Å². The number of thiazole rings is 1. The van der Waals surface area contributed by atoms with Crippen LogP contribution in [-0.4, -0.2) is 48.6 Å². The molecule has 25 heavy (non-hydrogen) atoms. The summed E-state index contributed by atoms with van der Waals surface area (Å²) in [6, 6.07) is 8.15. The number of carbonyl (C=O) groups is 1. The van der Waals surface area contributed by atoms with E-state index in [9.17, 15) is 4.79 Å². The molecule has 4 heterocycles. The van der Waals surface area contributed by atoms with E-state index in [0.29, 0.717) is 10.9 Å². The van der Waals surface area contributed by atoms with Gasteiger partial charge in [-0.15, -0.1) is 11.3 Å². The molecule has 5 rings (SSSR count). The number of carbonyl (C=O) groups excluding carboxylic acids is 1. The molecule has 0 spiro atoms. The smallest absolute Gasteiger partial charge is 0.280 e. The summed E-state index contributed by atoms with van der Waals surface area (Å²) in [6.07, 6.45) is 2.38. The summed E-state index contributed by atoms with van der Waals surface area (Å²) < 4.78 is 5.30. The highest BCUT2D eigenvalue weighted by atomic mass is 32.1. The van der Waals surface area contributed by atoms with E-state index in [4.69, 9.17) is 4.74 Å². The van der Waals surface area contributed by atoms with Crippen molar-refractivity contribution in [2.45, 2.75) is 25.8 Å². The van der Waals surface area contributed by atoms with Crippen molar-refractivity contribution in [2.24, 2.45) is 5.92 Å². The number of benzene rings is 1. The molecule has 132 valence electrons. The first-order valence-electron chi connectivity index (χ1n) is 8.79. The minimum atomic E-state index is -0.0407. The molecule has 1 N–H and O–H groups in total. The van der Waals surface area contributed by atoms with Crippen LogP contribution in [0.25, 0.3) is 10.4 Å². The molecule has 1 atom stereocenters. The van der Waals surface area contributed by atoms with Gasteiger partial charge in [-0.1, -0.05) is 12.1 Å². The maximum absolute atomic E-state index is 12.7. The second-order valence-corrected chi connectivity index (χ2v) is 7.88. The number of nitrogens with one attached hydrogen (secondary N) is 1. The van der Waals surface area contributed by atoms with Gasteiger partial charge in [0.2, 0.25) is 0 Å². The molecule has 3 aliphatic rings. The molecule has 6 heteroatoms. The van der Waals surface area contributed by atoms with Gasteiger partial charge in [0.05, 0.1) is 17.7 Å². The molecule has 3 aliphatic heterocycles. The third kappa shape index (κ3) is 3.28. The highest BCUT2D eigenvalue weighted by Crippen LogP contribution is 2.33. The lowest BCUT2D eigenvalue weighted by Crippen LogP contribution is -2.57. The molecule has 1 unspecified atom stereocenters. The Morgan fingerprint density at radius 2 is 2.16 bits per heavy atom. The van der Waals surface area contributed by atoms with Crippen LogP contribution in [0, 0.1) is 12.8 Å². The Morgan fingerprint density at radius 3 is 2.84 bits per heavy atom. The molecule has 1 aromatic heterocycles. The number of piperidine rings is 3. The Labute approximate surface area is 152 Å². The number of hydrogen-bond donors (Lipinski definition) is 1. The van der Waals surface area contributed by atoms with Crippen molar-refractivity contribution in [1.29, 1.82) is 0 Å². The summed E-state index contributed by atoms with van der Waals surface area (Å²) in [4.78, 5) is 20.7. The maximum atomic E-state index is 12.7. The predicted molar refractivity (Wildman–Crippen MR) is 99.3 cm³/mol. The lowest BCUT2D eigenvalue weighted by atomic mass is 9.84. The SMILES string of the molecule is COc1cccc(-c2sc(C(=O)NC3CN4CCC3CC4)nc2C)c1. The van der Waals surface area contributed by atoms with Crippen LogP contribution in [0.3, 0.4) is 0 Å². The molecule has 1 amide bonds. The van der Waals surface area contributed by atoms with Crippen molar-refractivity contribution in [3.63, 3.8) is 0 Å².